The van der Waals surface area contributed by atoms with Gasteiger partial charge in [-0.2, -0.15) is 0 Å². The van der Waals surface area contributed by atoms with Crippen LogP contribution in [-0.2, 0) is 4.79 Å². The molecule has 0 aromatic rings. The van der Waals surface area contributed by atoms with Crippen LogP contribution in [0.15, 0.2) is 0 Å². The van der Waals surface area contributed by atoms with Gasteiger partial charge in [0.15, 0.2) is 0 Å². The molecule has 2 aliphatic heterocycles. The molecule has 0 saturated carbocycles. The first-order valence-electron chi connectivity index (χ1n) is 9.04. The van der Waals surface area contributed by atoms with Crippen LogP contribution >= 0.6 is 0 Å². The van der Waals surface area contributed by atoms with Gasteiger partial charge >= 0.3 is 0 Å². The van der Waals surface area contributed by atoms with E-state index in [1.54, 1.807) is 0 Å². The van der Waals surface area contributed by atoms with E-state index in [1.807, 2.05) is 0 Å². The minimum absolute atomic E-state index is 0.254. The molecule has 1 amide bonds. The maximum absolute atomic E-state index is 11.9. The SMILES string of the molecule is O=C(CCC1CCNCC1)NCCCN1CCCCCC1. The number of carbonyl (C=O) groups excluding carboxylic acids is 1. The van der Waals surface area contributed by atoms with Gasteiger partial charge in [0.05, 0.1) is 0 Å². The average Bonchev–Trinajstić information content (AvgIpc) is 2.79. The number of nitrogens with one attached hydrogen (secondary N) is 2. The van der Waals surface area contributed by atoms with Gasteiger partial charge < -0.3 is 15.5 Å². The molecular formula is C17H33N3O. The van der Waals surface area contributed by atoms with Crippen LogP contribution in [0.2, 0.25) is 0 Å². The van der Waals surface area contributed by atoms with E-state index in [2.05, 4.69) is 15.5 Å². The molecule has 21 heavy (non-hydrogen) atoms. The molecule has 0 bridgehead atoms. The van der Waals surface area contributed by atoms with Crippen LogP contribution in [-0.4, -0.2) is 50.1 Å². The van der Waals surface area contributed by atoms with Gasteiger partial charge in [0.2, 0.25) is 5.91 Å². The summed E-state index contributed by atoms with van der Waals surface area (Å²) in [6.45, 7) is 6.76. The number of nitrogens with zero attached hydrogens (tertiary/aromatic N) is 1. The van der Waals surface area contributed by atoms with E-state index in [-0.39, 0.29) is 5.91 Å². The monoisotopic (exact) mass is 295 g/mol. The van der Waals surface area contributed by atoms with Crippen molar-refractivity contribution in [3.8, 4) is 0 Å². The number of amides is 1. The highest BCUT2D eigenvalue weighted by Gasteiger charge is 2.14. The van der Waals surface area contributed by atoms with Gasteiger partial charge in [-0.05, 0) is 77.2 Å². The van der Waals surface area contributed by atoms with Crippen molar-refractivity contribution in [3.63, 3.8) is 0 Å². The first-order valence-corrected chi connectivity index (χ1v) is 9.04. The van der Waals surface area contributed by atoms with E-state index >= 15 is 0 Å². The Morgan fingerprint density at radius 1 is 1.10 bits per heavy atom. The van der Waals surface area contributed by atoms with Crippen molar-refractivity contribution < 1.29 is 4.79 Å². The van der Waals surface area contributed by atoms with E-state index in [0.29, 0.717) is 6.42 Å². The summed E-state index contributed by atoms with van der Waals surface area (Å²) >= 11 is 0. The van der Waals surface area contributed by atoms with Crippen LogP contribution in [0.1, 0.15) is 57.8 Å². The van der Waals surface area contributed by atoms with E-state index in [4.69, 9.17) is 0 Å². The molecule has 0 aliphatic carbocycles. The Bertz CT molecular complexity index is 282. The van der Waals surface area contributed by atoms with Crippen molar-refractivity contribution in [1.29, 1.82) is 0 Å². The number of piperidine rings is 1. The molecule has 0 unspecified atom stereocenters. The van der Waals surface area contributed by atoms with Crippen molar-refractivity contribution in [3.05, 3.63) is 0 Å². The fourth-order valence-corrected chi connectivity index (χ4v) is 3.48. The van der Waals surface area contributed by atoms with Gasteiger partial charge in [0.1, 0.15) is 0 Å². The topological polar surface area (TPSA) is 44.4 Å². The lowest BCUT2D eigenvalue weighted by molar-refractivity contribution is -0.121. The highest BCUT2D eigenvalue weighted by molar-refractivity contribution is 5.75. The molecule has 2 aliphatic rings. The lowest BCUT2D eigenvalue weighted by Gasteiger charge is -2.22. The molecule has 0 aromatic heterocycles. The summed E-state index contributed by atoms with van der Waals surface area (Å²) in [7, 11) is 0. The Hall–Kier alpha value is -0.610. The molecule has 2 N–H and O–H groups in total. The third-order valence-corrected chi connectivity index (χ3v) is 4.91. The molecule has 122 valence electrons. The Morgan fingerprint density at radius 3 is 2.52 bits per heavy atom. The van der Waals surface area contributed by atoms with Crippen LogP contribution in [0.25, 0.3) is 0 Å². The molecule has 2 heterocycles. The van der Waals surface area contributed by atoms with Crippen LogP contribution in [0, 0.1) is 5.92 Å². The first kappa shape index (κ1) is 16.8. The molecular weight excluding hydrogens is 262 g/mol. The minimum atomic E-state index is 0.254. The van der Waals surface area contributed by atoms with Gasteiger partial charge in [-0.25, -0.2) is 0 Å². The van der Waals surface area contributed by atoms with Crippen LogP contribution in [0.5, 0.6) is 0 Å². The Balaban J connectivity index is 1.46. The normalized spacial score (nSPS) is 21.9. The lowest BCUT2D eigenvalue weighted by Crippen LogP contribution is -2.31. The summed E-state index contributed by atoms with van der Waals surface area (Å²) < 4.78 is 0. The molecule has 4 heteroatoms. The van der Waals surface area contributed by atoms with Crippen LogP contribution < -0.4 is 10.6 Å². The zero-order valence-corrected chi connectivity index (χ0v) is 13.5. The maximum Gasteiger partial charge on any atom is 0.220 e. The highest BCUT2D eigenvalue weighted by atomic mass is 16.1. The molecule has 2 rings (SSSR count). The predicted molar refractivity (Wildman–Crippen MR) is 87.4 cm³/mol. The lowest BCUT2D eigenvalue weighted by atomic mass is 9.93. The number of rotatable bonds is 7. The van der Waals surface area contributed by atoms with Crippen LogP contribution in [0.4, 0.5) is 0 Å². The van der Waals surface area contributed by atoms with E-state index in [9.17, 15) is 4.79 Å². The molecule has 2 fully saturated rings. The summed E-state index contributed by atoms with van der Waals surface area (Å²) in [5.74, 6) is 1.01. The quantitative estimate of drug-likeness (QED) is 0.707. The summed E-state index contributed by atoms with van der Waals surface area (Å²) in [5, 5.41) is 6.47. The van der Waals surface area contributed by atoms with E-state index < -0.39 is 0 Å². The largest absolute Gasteiger partial charge is 0.356 e. The summed E-state index contributed by atoms with van der Waals surface area (Å²) in [6.07, 6.45) is 10.8. The fourth-order valence-electron chi connectivity index (χ4n) is 3.48. The molecule has 2 saturated heterocycles. The number of hydrogen-bond donors (Lipinski definition) is 2. The summed E-state index contributed by atoms with van der Waals surface area (Å²) in [4.78, 5) is 14.4. The van der Waals surface area contributed by atoms with Crippen molar-refractivity contribution >= 4 is 5.91 Å². The molecule has 4 nitrogen and oxygen atoms in total. The van der Waals surface area contributed by atoms with Gasteiger partial charge in [-0.15, -0.1) is 0 Å². The summed E-state index contributed by atoms with van der Waals surface area (Å²) in [5.41, 5.74) is 0. The molecule has 0 atom stereocenters. The van der Waals surface area contributed by atoms with Gasteiger partial charge in [-0.3, -0.25) is 4.79 Å². The van der Waals surface area contributed by atoms with Gasteiger partial charge in [0, 0.05) is 13.0 Å². The third kappa shape index (κ3) is 7.28. The number of likely N-dealkylation sites (tertiary alicyclic amines) is 1. The number of carbonyl (C=O) groups is 1. The summed E-state index contributed by atoms with van der Waals surface area (Å²) in [6, 6.07) is 0. The maximum atomic E-state index is 11.9. The van der Waals surface area contributed by atoms with Crippen molar-refractivity contribution in [2.24, 2.45) is 5.92 Å². The minimum Gasteiger partial charge on any atom is -0.356 e. The van der Waals surface area contributed by atoms with Crippen molar-refractivity contribution in [2.45, 2.75) is 57.8 Å². The van der Waals surface area contributed by atoms with Crippen LogP contribution in [0.3, 0.4) is 0 Å². The smallest absolute Gasteiger partial charge is 0.220 e. The van der Waals surface area contributed by atoms with E-state index in [1.165, 1.54) is 51.6 Å². The molecule has 0 aromatic carbocycles. The Labute approximate surface area is 130 Å². The molecule has 0 spiro atoms. The first-order chi connectivity index (χ1) is 10.3. The van der Waals surface area contributed by atoms with E-state index in [0.717, 1.165) is 44.9 Å². The third-order valence-electron chi connectivity index (χ3n) is 4.91. The Kier molecular flexibility index (Phi) is 8.12. The highest BCUT2D eigenvalue weighted by Crippen LogP contribution is 2.17. The van der Waals surface area contributed by atoms with Crippen molar-refractivity contribution in [1.82, 2.24) is 15.5 Å². The molecule has 0 radical (unpaired) electrons. The number of hydrogen-bond acceptors (Lipinski definition) is 3. The fraction of sp³-hybridized carbons (Fsp3) is 0.941. The van der Waals surface area contributed by atoms with Crippen molar-refractivity contribution in [2.75, 3.05) is 39.3 Å². The zero-order valence-electron chi connectivity index (χ0n) is 13.5. The van der Waals surface area contributed by atoms with Gasteiger partial charge in [0.25, 0.3) is 0 Å². The predicted octanol–water partition coefficient (Wildman–Crippen LogP) is 2.15. The second kappa shape index (κ2) is 10.2. The van der Waals surface area contributed by atoms with Gasteiger partial charge in [-0.1, -0.05) is 12.8 Å². The standard InChI is InChI=1S/C17H33N3O/c21-17(7-6-16-8-11-18-12-9-16)19-10-5-15-20-13-3-1-2-4-14-20/h16,18H,1-15H2,(H,19,21). The average molecular weight is 295 g/mol. The Morgan fingerprint density at radius 2 is 1.81 bits per heavy atom. The second-order valence-electron chi connectivity index (χ2n) is 6.69. The second-order valence-corrected chi connectivity index (χ2v) is 6.69. The zero-order chi connectivity index (χ0) is 14.8.